The van der Waals surface area contributed by atoms with Gasteiger partial charge < -0.3 is 15.0 Å². The Balaban J connectivity index is 2.09. The van der Waals surface area contributed by atoms with E-state index in [1.54, 1.807) is 19.1 Å². The van der Waals surface area contributed by atoms with Gasteiger partial charge in [0.2, 0.25) is 0 Å². The lowest BCUT2D eigenvalue weighted by Crippen LogP contribution is -3.12. The van der Waals surface area contributed by atoms with Crippen LogP contribution in [-0.2, 0) is 11.3 Å². The SMILES string of the molecule is COc1cc([N+](=O)[O-])ccc1NC(=O)[C@H](C)[NH+](C)Cc1ccc(Cl)cc1Cl. The quantitative estimate of drug-likeness (QED) is 0.540. The number of hydrogen-bond acceptors (Lipinski definition) is 4. The van der Waals surface area contributed by atoms with Gasteiger partial charge in [0.25, 0.3) is 11.6 Å². The van der Waals surface area contributed by atoms with E-state index >= 15 is 0 Å². The molecule has 0 heterocycles. The van der Waals surface area contributed by atoms with Crippen LogP contribution in [0.2, 0.25) is 10.0 Å². The van der Waals surface area contributed by atoms with Crippen molar-refractivity contribution < 1.29 is 19.4 Å². The van der Waals surface area contributed by atoms with Gasteiger partial charge >= 0.3 is 0 Å². The lowest BCUT2D eigenvalue weighted by Gasteiger charge is -2.22. The number of nitro benzene ring substituents is 1. The van der Waals surface area contributed by atoms with Gasteiger partial charge in [-0.25, -0.2) is 0 Å². The molecule has 0 saturated carbocycles. The highest BCUT2D eigenvalue weighted by atomic mass is 35.5. The number of methoxy groups -OCH3 is 1. The van der Waals surface area contributed by atoms with E-state index in [1.165, 1.54) is 25.3 Å². The lowest BCUT2D eigenvalue weighted by molar-refractivity contribution is -0.907. The van der Waals surface area contributed by atoms with Gasteiger partial charge in [-0.15, -0.1) is 0 Å². The third-order valence-corrected chi connectivity index (χ3v) is 4.86. The van der Waals surface area contributed by atoms with Crippen molar-refractivity contribution >= 4 is 40.5 Å². The van der Waals surface area contributed by atoms with Gasteiger partial charge in [-0.2, -0.15) is 0 Å². The van der Waals surface area contributed by atoms with Crippen molar-refractivity contribution in [2.75, 3.05) is 19.5 Å². The van der Waals surface area contributed by atoms with E-state index in [1.807, 2.05) is 13.1 Å². The molecule has 0 saturated heterocycles. The Labute approximate surface area is 167 Å². The molecule has 2 aromatic carbocycles. The van der Waals surface area contributed by atoms with Crippen LogP contribution in [0.3, 0.4) is 0 Å². The Morgan fingerprint density at radius 3 is 2.59 bits per heavy atom. The molecule has 9 heteroatoms. The fourth-order valence-corrected chi connectivity index (χ4v) is 2.96. The molecule has 1 amide bonds. The number of benzene rings is 2. The van der Waals surface area contributed by atoms with E-state index in [-0.39, 0.29) is 17.3 Å². The summed E-state index contributed by atoms with van der Waals surface area (Å²) >= 11 is 12.1. The number of non-ortho nitro benzene ring substituents is 1. The number of carbonyl (C=O) groups excluding carboxylic acids is 1. The van der Waals surface area contributed by atoms with Gasteiger partial charge in [-0.05, 0) is 25.1 Å². The molecule has 0 aliphatic carbocycles. The molecule has 2 atom stereocenters. The number of nitrogens with one attached hydrogen (secondary N) is 2. The van der Waals surface area contributed by atoms with Crippen molar-refractivity contribution in [3.05, 3.63) is 62.1 Å². The Morgan fingerprint density at radius 2 is 2.00 bits per heavy atom. The minimum atomic E-state index is -0.523. The number of rotatable bonds is 7. The fourth-order valence-electron chi connectivity index (χ4n) is 2.48. The molecule has 27 heavy (non-hydrogen) atoms. The molecule has 0 radical (unpaired) electrons. The Morgan fingerprint density at radius 1 is 1.30 bits per heavy atom. The zero-order valence-corrected chi connectivity index (χ0v) is 16.6. The van der Waals surface area contributed by atoms with Crippen molar-refractivity contribution in [3.63, 3.8) is 0 Å². The second-order valence-corrected chi connectivity index (χ2v) is 6.96. The normalized spacial score (nSPS) is 12.9. The fraction of sp³-hybridized carbons (Fsp3) is 0.278. The number of amides is 1. The Hall–Kier alpha value is -2.35. The summed E-state index contributed by atoms with van der Waals surface area (Å²) < 4.78 is 5.14. The summed E-state index contributed by atoms with van der Waals surface area (Å²) in [6.45, 7) is 2.31. The van der Waals surface area contributed by atoms with Crippen LogP contribution in [0.25, 0.3) is 0 Å². The van der Waals surface area contributed by atoms with Gasteiger partial charge in [0, 0.05) is 16.7 Å². The number of quaternary nitrogens is 1. The maximum atomic E-state index is 12.6. The third kappa shape index (κ3) is 5.32. The summed E-state index contributed by atoms with van der Waals surface area (Å²) in [6.07, 6.45) is 0. The van der Waals surface area contributed by atoms with E-state index in [0.717, 1.165) is 10.5 Å². The number of nitro groups is 1. The lowest BCUT2D eigenvalue weighted by atomic mass is 10.1. The average molecular weight is 413 g/mol. The van der Waals surface area contributed by atoms with Crippen LogP contribution in [0, 0.1) is 10.1 Å². The van der Waals surface area contributed by atoms with E-state index in [0.29, 0.717) is 22.3 Å². The largest absolute Gasteiger partial charge is 0.494 e. The summed E-state index contributed by atoms with van der Waals surface area (Å²) in [4.78, 5) is 23.8. The molecule has 0 fully saturated rings. The molecule has 144 valence electrons. The molecular formula is C18H20Cl2N3O4+. The van der Waals surface area contributed by atoms with Crippen LogP contribution in [0.15, 0.2) is 36.4 Å². The molecule has 0 spiro atoms. The van der Waals surface area contributed by atoms with Crippen molar-refractivity contribution in [3.8, 4) is 5.75 Å². The van der Waals surface area contributed by atoms with Crippen molar-refractivity contribution in [1.29, 1.82) is 0 Å². The number of halogens is 2. The average Bonchev–Trinajstić information content (AvgIpc) is 2.63. The first-order valence-electron chi connectivity index (χ1n) is 8.12. The first-order chi connectivity index (χ1) is 12.7. The highest BCUT2D eigenvalue weighted by Crippen LogP contribution is 2.29. The molecule has 0 aliphatic rings. The second-order valence-electron chi connectivity index (χ2n) is 6.11. The zero-order chi connectivity index (χ0) is 20.1. The molecule has 2 N–H and O–H groups in total. The standard InChI is InChI=1S/C18H19Cl2N3O4/c1-11(22(2)10-12-4-5-13(19)8-15(12)20)18(24)21-16-7-6-14(23(25)26)9-17(16)27-3/h4-9,11H,10H2,1-3H3,(H,21,24)/p+1/t11-/m0/s1. The number of carbonyl (C=O) groups is 1. The summed E-state index contributed by atoms with van der Waals surface area (Å²) in [5.74, 6) is -0.0205. The molecular weight excluding hydrogens is 393 g/mol. The number of likely N-dealkylation sites (N-methyl/N-ethyl adjacent to an activating group) is 1. The zero-order valence-electron chi connectivity index (χ0n) is 15.1. The topological polar surface area (TPSA) is 85.9 Å². The second kappa shape index (κ2) is 9.03. The van der Waals surface area contributed by atoms with E-state index in [9.17, 15) is 14.9 Å². The molecule has 0 bridgehead atoms. The van der Waals surface area contributed by atoms with Gasteiger partial charge in [0.1, 0.15) is 12.3 Å². The maximum absolute atomic E-state index is 12.6. The van der Waals surface area contributed by atoms with Crippen LogP contribution >= 0.6 is 23.2 Å². The summed E-state index contributed by atoms with van der Waals surface area (Å²) in [5, 5.41) is 14.7. The smallest absolute Gasteiger partial charge is 0.282 e. The number of ether oxygens (including phenoxy) is 1. The van der Waals surface area contributed by atoms with Crippen LogP contribution in [0.4, 0.5) is 11.4 Å². The first-order valence-corrected chi connectivity index (χ1v) is 8.88. The Kier molecular flexibility index (Phi) is 7.01. The van der Waals surface area contributed by atoms with E-state index in [2.05, 4.69) is 5.32 Å². The molecule has 0 aromatic heterocycles. The van der Waals surface area contributed by atoms with Crippen molar-refractivity contribution in [1.82, 2.24) is 0 Å². The number of anilines is 1. The minimum absolute atomic E-state index is 0.113. The van der Waals surface area contributed by atoms with Crippen LogP contribution in [-0.4, -0.2) is 31.0 Å². The van der Waals surface area contributed by atoms with Crippen LogP contribution in [0.5, 0.6) is 5.75 Å². The molecule has 7 nitrogen and oxygen atoms in total. The maximum Gasteiger partial charge on any atom is 0.282 e. The molecule has 0 aliphatic heterocycles. The third-order valence-electron chi connectivity index (χ3n) is 4.27. The molecule has 2 aromatic rings. The summed E-state index contributed by atoms with van der Waals surface area (Å²) in [6, 6.07) is 8.87. The highest BCUT2D eigenvalue weighted by Gasteiger charge is 2.24. The Bertz CT molecular complexity index is 860. The predicted octanol–water partition coefficient (Wildman–Crippen LogP) is 2.95. The van der Waals surface area contributed by atoms with Gasteiger partial charge in [0.15, 0.2) is 6.04 Å². The van der Waals surface area contributed by atoms with Gasteiger partial charge in [-0.3, -0.25) is 14.9 Å². The van der Waals surface area contributed by atoms with Crippen LogP contribution < -0.4 is 15.0 Å². The van der Waals surface area contributed by atoms with E-state index in [4.69, 9.17) is 27.9 Å². The van der Waals surface area contributed by atoms with Gasteiger partial charge in [-0.1, -0.05) is 29.3 Å². The summed E-state index contributed by atoms with van der Waals surface area (Å²) in [5.41, 5.74) is 1.14. The highest BCUT2D eigenvalue weighted by molar-refractivity contribution is 6.35. The van der Waals surface area contributed by atoms with Gasteiger partial charge in [0.05, 0.1) is 35.9 Å². The van der Waals surface area contributed by atoms with Crippen molar-refractivity contribution in [2.24, 2.45) is 0 Å². The molecule has 1 unspecified atom stereocenters. The first kappa shape index (κ1) is 21.0. The van der Waals surface area contributed by atoms with Crippen molar-refractivity contribution in [2.45, 2.75) is 19.5 Å². The predicted molar refractivity (Wildman–Crippen MR) is 105 cm³/mol. The minimum Gasteiger partial charge on any atom is -0.494 e. The monoisotopic (exact) mass is 412 g/mol. The van der Waals surface area contributed by atoms with E-state index < -0.39 is 11.0 Å². The molecule has 2 rings (SSSR count). The number of nitrogens with zero attached hydrogens (tertiary/aromatic N) is 1. The number of hydrogen-bond donors (Lipinski definition) is 2. The van der Waals surface area contributed by atoms with Crippen LogP contribution in [0.1, 0.15) is 12.5 Å². The summed E-state index contributed by atoms with van der Waals surface area (Å²) in [7, 11) is 3.26.